The van der Waals surface area contributed by atoms with Crippen LogP contribution >= 0.6 is 0 Å². The van der Waals surface area contributed by atoms with Crippen LogP contribution in [0.4, 0.5) is 0 Å². The van der Waals surface area contributed by atoms with Crippen LogP contribution in [0.25, 0.3) is 0 Å². The first-order valence-corrected chi connectivity index (χ1v) is 9.66. The molecule has 4 rings (SSSR count). The summed E-state index contributed by atoms with van der Waals surface area (Å²) in [4.78, 5) is 15.0. The van der Waals surface area contributed by atoms with E-state index >= 15 is 0 Å². The van der Waals surface area contributed by atoms with Gasteiger partial charge in [-0.3, -0.25) is 9.69 Å². The predicted octanol–water partition coefficient (Wildman–Crippen LogP) is 5.46. The number of ketones is 1. The lowest BCUT2D eigenvalue weighted by Crippen LogP contribution is -2.38. The van der Waals surface area contributed by atoms with Gasteiger partial charge in [-0.2, -0.15) is 0 Å². The normalized spacial score (nSPS) is 20.9. The van der Waals surface area contributed by atoms with Gasteiger partial charge < -0.3 is 0 Å². The Bertz CT molecular complexity index is 743. The van der Waals surface area contributed by atoms with Crippen molar-refractivity contribution in [2.45, 2.75) is 64.1 Å². The van der Waals surface area contributed by atoms with Crippen LogP contribution in [-0.4, -0.2) is 16.7 Å². The van der Waals surface area contributed by atoms with Crippen molar-refractivity contribution in [3.8, 4) is 0 Å². The summed E-state index contributed by atoms with van der Waals surface area (Å²) < 4.78 is 0. The van der Waals surface area contributed by atoms with Crippen LogP contribution in [0.3, 0.4) is 0 Å². The topological polar surface area (TPSA) is 20.3 Å². The molecule has 0 amide bonds. The summed E-state index contributed by atoms with van der Waals surface area (Å²) >= 11 is 0. The maximum Gasteiger partial charge on any atom is 0.163 e. The van der Waals surface area contributed by atoms with E-state index in [0.29, 0.717) is 24.3 Å². The lowest BCUT2D eigenvalue weighted by atomic mass is 9.85. The molecule has 2 heteroatoms. The minimum Gasteiger partial charge on any atom is -0.294 e. The van der Waals surface area contributed by atoms with Gasteiger partial charge >= 0.3 is 0 Å². The molecule has 130 valence electrons. The fourth-order valence-electron chi connectivity index (χ4n) is 4.58. The molecule has 0 N–H and O–H groups in total. The molecule has 0 radical (unpaired) electrons. The molecule has 0 heterocycles. The lowest BCUT2D eigenvalue weighted by Gasteiger charge is -2.39. The number of fused-ring (bicyclic) bond motifs is 1. The van der Waals surface area contributed by atoms with Gasteiger partial charge in [0.2, 0.25) is 0 Å². The zero-order chi connectivity index (χ0) is 17.2. The van der Waals surface area contributed by atoms with Crippen molar-refractivity contribution in [1.29, 1.82) is 0 Å². The Balaban J connectivity index is 1.67. The second-order valence-corrected chi connectivity index (χ2v) is 7.66. The zero-order valence-electron chi connectivity index (χ0n) is 15.1. The molecule has 2 aliphatic carbocycles. The molecular formula is C23H27NO. The first-order valence-electron chi connectivity index (χ1n) is 9.66. The van der Waals surface area contributed by atoms with E-state index in [4.69, 9.17) is 0 Å². The summed E-state index contributed by atoms with van der Waals surface area (Å²) in [5.41, 5.74) is 4.89. The largest absolute Gasteiger partial charge is 0.294 e. The van der Waals surface area contributed by atoms with Crippen LogP contribution in [-0.2, 0) is 6.54 Å². The van der Waals surface area contributed by atoms with Gasteiger partial charge in [-0.05, 0) is 37.3 Å². The van der Waals surface area contributed by atoms with Gasteiger partial charge in [0.05, 0.1) is 0 Å². The Hall–Kier alpha value is -1.93. The van der Waals surface area contributed by atoms with Crippen molar-refractivity contribution in [3.63, 3.8) is 0 Å². The van der Waals surface area contributed by atoms with Crippen molar-refractivity contribution in [1.82, 2.24) is 4.90 Å². The molecule has 1 saturated carbocycles. The highest BCUT2D eigenvalue weighted by molar-refractivity contribution is 5.98. The third-order valence-corrected chi connectivity index (χ3v) is 5.94. The highest BCUT2D eigenvalue weighted by atomic mass is 16.1. The fourth-order valence-corrected chi connectivity index (χ4v) is 4.58. The van der Waals surface area contributed by atoms with E-state index < -0.39 is 0 Å². The second-order valence-electron chi connectivity index (χ2n) is 7.66. The van der Waals surface area contributed by atoms with Crippen molar-refractivity contribution >= 4 is 5.78 Å². The predicted molar refractivity (Wildman–Crippen MR) is 102 cm³/mol. The monoisotopic (exact) mass is 333 g/mol. The molecule has 25 heavy (non-hydrogen) atoms. The van der Waals surface area contributed by atoms with E-state index in [2.05, 4.69) is 48.2 Å². The summed E-state index contributed by atoms with van der Waals surface area (Å²) in [5, 5.41) is 0. The Morgan fingerprint density at radius 1 is 0.960 bits per heavy atom. The number of aryl methyl sites for hydroxylation is 1. The highest BCUT2D eigenvalue weighted by Crippen LogP contribution is 2.39. The zero-order valence-corrected chi connectivity index (χ0v) is 15.1. The van der Waals surface area contributed by atoms with Crippen molar-refractivity contribution in [2.75, 3.05) is 0 Å². The van der Waals surface area contributed by atoms with Crippen LogP contribution in [0.1, 0.15) is 71.6 Å². The number of rotatable bonds is 4. The molecule has 2 aromatic carbocycles. The second kappa shape index (κ2) is 7.13. The van der Waals surface area contributed by atoms with Crippen LogP contribution in [0.2, 0.25) is 0 Å². The van der Waals surface area contributed by atoms with E-state index in [0.717, 1.165) is 18.5 Å². The summed E-state index contributed by atoms with van der Waals surface area (Å²) in [7, 11) is 0. The van der Waals surface area contributed by atoms with Crippen LogP contribution in [0.5, 0.6) is 0 Å². The molecule has 0 saturated heterocycles. The van der Waals surface area contributed by atoms with E-state index in [9.17, 15) is 4.79 Å². The molecule has 2 aliphatic rings. The van der Waals surface area contributed by atoms with Crippen molar-refractivity contribution in [3.05, 3.63) is 70.8 Å². The molecule has 1 atom stereocenters. The lowest BCUT2D eigenvalue weighted by molar-refractivity contribution is 0.0856. The van der Waals surface area contributed by atoms with Crippen LogP contribution < -0.4 is 0 Å². The summed E-state index contributed by atoms with van der Waals surface area (Å²) in [6.45, 7) is 3.12. The quantitative estimate of drug-likeness (QED) is 0.741. The van der Waals surface area contributed by atoms with Gasteiger partial charge in [0.25, 0.3) is 0 Å². The van der Waals surface area contributed by atoms with Crippen LogP contribution in [0.15, 0.2) is 48.5 Å². The number of benzene rings is 2. The maximum absolute atomic E-state index is 12.4. The average Bonchev–Trinajstić information content (AvgIpc) is 3.17. The van der Waals surface area contributed by atoms with E-state index in [1.54, 1.807) is 0 Å². The van der Waals surface area contributed by atoms with Gasteiger partial charge in [0, 0.05) is 30.6 Å². The van der Waals surface area contributed by atoms with Gasteiger partial charge in [-0.15, -0.1) is 0 Å². The molecular weight excluding hydrogens is 306 g/mol. The molecule has 2 aromatic rings. The SMILES string of the molecule is Cc1ccc(CN(C2CCCC2)C2CCC(=O)c3ccccc32)cc1. The van der Waals surface area contributed by atoms with E-state index in [-0.39, 0.29) is 0 Å². The van der Waals surface area contributed by atoms with Gasteiger partial charge in [0.15, 0.2) is 5.78 Å². The third-order valence-electron chi connectivity index (χ3n) is 5.94. The third kappa shape index (κ3) is 3.41. The molecule has 1 fully saturated rings. The first-order chi connectivity index (χ1) is 12.2. The Morgan fingerprint density at radius 3 is 2.44 bits per heavy atom. The molecule has 1 unspecified atom stereocenters. The standard InChI is InChI=1S/C23H27NO/c1-17-10-12-18(13-11-17)16-24(19-6-2-3-7-19)22-14-15-23(25)21-9-5-4-8-20(21)22/h4-5,8-13,19,22H,2-3,6-7,14-16H2,1H3. The van der Waals surface area contributed by atoms with Crippen molar-refractivity contribution < 1.29 is 4.79 Å². The first kappa shape index (κ1) is 16.5. The minimum absolute atomic E-state index is 0.313. The molecule has 0 aliphatic heterocycles. The average molecular weight is 333 g/mol. The number of nitrogens with zero attached hydrogens (tertiary/aromatic N) is 1. The highest BCUT2D eigenvalue weighted by Gasteiger charge is 2.34. The van der Waals surface area contributed by atoms with Gasteiger partial charge in [-0.25, -0.2) is 0 Å². The number of hydrogen-bond acceptors (Lipinski definition) is 2. The minimum atomic E-state index is 0.313. The Kier molecular flexibility index (Phi) is 4.72. The summed E-state index contributed by atoms with van der Waals surface area (Å²) in [5.74, 6) is 0.313. The fraction of sp³-hybridized carbons (Fsp3) is 0.435. The Labute approximate surface area is 150 Å². The summed E-state index contributed by atoms with van der Waals surface area (Å²) in [6, 6.07) is 18.2. The molecule has 0 bridgehead atoms. The van der Waals surface area contributed by atoms with Crippen molar-refractivity contribution in [2.24, 2.45) is 0 Å². The number of hydrogen-bond donors (Lipinski definition) is 0. The molecule has 0 aromatic heterocycles. The molecule has 2 nitrogen and oxygen atoms in total. The smallest absolute Gasteiger partial charge is 0.163 e. The summed E-state index contributed by atoms with van der Waals surface area (Å²) in [6.07, 6.45) is 6.89. The van der Waals surface area contributed by atoms with Gasteiger partial charge in [0.1, 0.15) is 0 Å². The number of Topliss-reactive ketones (excluding diaryl/α,β-unsaturated/α-hetero) is 1. The Morgan fingerprint density at radius 2 is 1.68 bits per heavy atom. The maximum atomic E-state index is 12.4. The molecule has 0 spiro atoms. The van der Waals surface area contributed by atoms with Gasteiger partial charge in [-0.1, -0.05) is 66.9 Å². The van der Waals surface area contributed by atoms with Crippen LogP contribution in [0, 0.1) is 6.92 Å². The number of carbonyl (C=O) groups excluding carboxylic acids is 1. The van der Waals surface area contributed by atoms with E-state index in [1.807, 2.05) is 12.1 Å². The van der Waals surface area contributed by atoms with E-state index in [1.165, 1.54) is 42.4 Å². The number of carbonyl (C=O) groups is 1.